The second kappa shape index (κ2) is 10.1. The molecule has 0 atom stereocenters. The molecular weight excluding hydrogens is 516 g/mol. The Labute approximate surface area is 210 Å². The summed E-state index contributed by atoms with van der Waals surface area (Å²) in [6.07, 6.45) is 1.56. The smallest absolute Gasteiger partial charge is 0.363 e. The average molecular weight is 537 g/mol. The van der Waals surface area contributed by atoms with Crippen LogP contribution >= 0.6 is 15.9 Å². The highest BCUT2D eigenvalue weighted by atomic mass is 79.9. The van der Waals surface area contributed by atoms with E-state index in [2.05, 4.69) is 20.9 Å². The van der Waals surface area contributed by atoms with E-state index < -0.39 is 10.9 Å². The van der Waals surface area contributed by atoms with Crippen LogP contribution in [-0.2, 0) is 16.1 Å². The minimum atomic E-state index is -0.652. The number of nitro groups is 1. The third kappa shape index (κ3) is 5.09. The van der Waals surface area contributed by atoms with Crippen LogP contribution in [0.25, 0.3) is 6.08 Å². The Hall–Kier alpha value is -3.98. The van der Waals surface area contributed by atoms with Crippen molar-refractivity contribution in [2.45, 2.75) is 20.5 Å². The second-order valence-electron chi connectivity index (χ2n) is 7.79. The minimum absolute atomic E-state index is 0.0201. The minimum Gasteiger partial charge on any atom is -0.493 e. The highest BCUT2D eigenvalue weighted by Crippen LogP contribution is 2.38. The molecule has 0 saturated carbocycles. The number of aryl methyl sites for hydroxylation is 1. The summed E-state index contributed by atoms with van der Waals surface area (Å²) in [6, 6.07) is 16.0. The summed E-state index contributed by atoms with van der Waals surface area (Å²) in [7, 11) is 1.53. The molecule has 1 aliphatic heterocycles. The molecule has 4 rings (SSSR count). The third-order valence-corrected chi connectivity index (χ3v) is 6.13. The van der Waals surface area contributed by atoms with E-state index >= 15 is 0 Å². The Balaban J connectivity index is 1.63. The van der Waals surface area contributed by atoms with Crippen molar-refractivity contribution in [3.05, 3.63) is 103 Å². The van der Waals surface area contributed by atoms with Crippen molar-refractivity contribution in [3.8, 4) is 11.5 Å². The molecule has 0 bridgehead atoms. The fourth-order valence-corrected chi connectivity index (χ4v) is 4.19. The predicted octanol–water partition coefficient (Wildman–Crippen LogP) is 5.91. The van der Waals surface area contributed by atoms with Crippen LogP contribution in [0.1, 0.15) is 27.8 Å². The molecule has 0 N–H and O–H groups in total. The largest absolute Gasteiger partial charge is 0.493 e. The van der Waals surface area contributed by atoms with Gasteiger partial charge in [0.1, 0.15) is 6.61 Å². The first-order valence-electron chi connectivity index (χ1n) is 10.6. The normalized spacial score (nSPS) is 14.0. The molecule has 35 heavy (non-hydrogen) atoms. The number of halogens is 1. The van der Waals surface area contributed by atoms with Crippen molar-refractivity contribution in [2.75, 3.05) is 7.11 Å². The van der Waals surface area contributed by atoms with Crippen LogP contribution in [-0.4, -0.2) is 23.9 Å². The van der Waals surface area contributed by atoms with Crippen molar-refractivity contribution >= 4 is 39.6 Å². The summed E-state index contributed by atoms with van der Waals surface area (Å²) >= 11 is 3.52. The zero-order chi connectivity index (χ0) is 25.1. The highest BCUT2D eigenvalue weighted by molar-refractivity contribution is 9.10. The lowest BCUT2D eigenvalue weighted by atomic mass is 10.1. The zero-order valence-corrected chi connectivity index (χ0v) is 20.8. The number of hydrogen-bond acceptors (Lipinski definition) is 7. The second-order valence-corrected chi connectivity index (χ2v) is 8.65. The molecule has 178 valence electrons. The van der Waals surface area contributed by atoms with E-state index in [4.69, 9.17) is 14.2 Å². The molecular formula is C26H21BrN2O6. The van der Waals surface area contributed by atoms with Crippen molar-refractivity contribution in [2.24, 2.45) is 4.99 Å². The molecule has 0 fully saturated rings. The van der Waals surface area contributed by atoms with Gasteiger partial charge in [-0.2, -0.15) is 0 Å². The van der Waals surface area contributed by atoms with E-state index in [1.807, 2.05) is 31.2 Å². The number of methoxy groups -OCH3 is 1. The molecule has 0 unspecified atom stereocenters. The van der Waals surface area contributed by atoms with Crippen LogP contribution < -0.4 is 9.47 Å². The summed E-state index contributed by atoms with van der Waals surface area (Å²) in [4.78, 5) is 27.5. The fourth-order valence-electron chi connectivity index (χ4n) is 3.62. The maximum atomic E-state index is 12.5. The van der Waals surface area contributed by atoms with E-state index in [9.17, 15) is 14.9 Å². The molecule has 3 aromatic rings. The Kier molecular flexibility index (Phi) is 6.97. The summed E-state index contributed by atoms with van der Waals surface area (Å²) in [6.45, 7) is 3.97. The number of rotatable bonds is 7. The van der Waals surface area contributed by atoms with Crippen LogP contribution in [0.2, 0.25) is 0 Å². The molecule has 0 amide bonds. The van der Waals surface area contributed by atoms with Crippen LogP contribution in [0.5, 0.6) is 11.5 Å². The molecule has 1 aliphatic rings. The standard InChI is InChI=1S/C26H21BrN2O6/c1-15-7-4-5-8-18(15)14-34-24-20(27)11-17(13-23(24)33-3)12-21-26(30)35-25(28-21)19-9-6-10-22(16(19)2)29(31)32/h4-13H,14H2,1-3H3/b21-12-. The third-order valence-electron chi connectivity index (χ3n) is 5.54. The Bertz CT molecular complexity index is 1400. The lowest BCUT2D eigenvalue weighted by Crippen LogP contribution is -2.08. The predicted molar refractivity (Wildman–Crippen MR) is 135 cm³/mol. The molecule has 1 heterocycles. The molecule has 0 saturated heterocycles. The number of nitrogens with zero attached hydrogens (tertiary/aromatic N) is 2. The van der Waals surface area contributed by atoms with Gasteiger partial charge < -0.3 is 14.2 Å². The van der Waals surface area contributed by atoms with Gasteiger partial charge in [-0.1, -0.05) is 30.3 Å². The summed E-state index contributed by atoms with van der Waals surface area (Å²) in [5, 5.41) is 11.2. The monoisotopic (exact) mass is 536 g/mol. The van der Waals surface area contributed by atoms with Crippen molar-refractivity contribution in [1.82, 2.24) is 0 Å². The number of cyclic esters (lactones) is 1. The summed E-state index contributed by atoms with van der Waals surface area (Å²) in [5.74, 6) is 0.376. The van der Waals surface area contributed by atoms with Gasteiger partial charge in [0.2, 0.25) is 5.90 Å². The number of nitro benzene ring substituents is 1. The van der Waals surface area contributed by atoms with Gasteiger partial charge in [-0.25, -0.2) is 9.79 Å². The lowest BCUT2D eigenvalue weighted by Gasteiger charge is -2.14. The fraction of sp³-hybridized carbons (Fsp3) is 0.154. The van der Waals surface area contributed by atoms with E-state index in [1.165, 1.54) is 19.2 Å². The van der Waals surface area contributed by atoms with Crippen molar-refractivity contribution in [1.29, 1.82) is 0 Å². The Morgan fingerprint density at radius 1 is 1.14 bits per heavy atom. The van der Waals surface area contributed by atoms with Gasteiger partial charge in [-0.15, -0.1) is 0 Å². The van der Waals surface area contributed by atoms with Crippen molar-refractivity contribution in [3.63, 3.8) is 0 Å². The lowest BCUT2D eigenvalue weighted by molar-refractivity contribution is -0.385. The van der Waals surface area contributed by atoms with Crippen LogP contribution in [0.4, 0.5) is 5.69 Å². The first-order valence-corrected chi connectivity index (χ1v) is 11.4. The summed E-state index contributed by atoms with van der Waals surface area (Å²) < 4.78 is 17.5. The van der Waals surface area contributed by atoms with Crippen LogP contribution in [0.15, 0.2) is 69.8 Å². The number of benzene rings is 3. The zero-order valence-electron chi connectivity index (χ0n) is 19.2. The van der Waals surface area contributed by atoms with E-state index in [-0.39, 0.29) is 17.3 Å². The molecule has 0 radical (unpaired) electrons. The molecule has 0 spiro atoms. The van der Waals surface area contributed by atoms with Gasteiger partial charge in [0.15, 0.2) is 17.2 Å². The molecule has 0 aliphatic carbocycles. The van der Waals surface area contributed by atoms with E-state index in [1.54, 1.807) is 31.2 Å². The number of carbonyl (C=O) groups excluding carboxylic acids is 1. The Morgan fingerprint density at radius 2 is 1.91 bits per heavy atom. The Morgan fingerprint density at radius 3 is 2.63 bits per heavy atom. The molecule has 9 heteroatoms. The van der Waals surface area contributed by atoms with E-state index in [0.29, 0.717) is 39.3 Å². The number of hydrogen-bond donors (Lipinski definition) is 0. The number of aliphatic imine (C=N–C) groups is 1. The number of esters is 1. The van der Waals surface area contributed by atoms with Gasteiger partial charge in [-0.05, 0) is 70.7 Å². The molecule has 3 aromatic carbocycles. The van der Waals surface area contributed by atoms with Gasteiger partial charge in [0.25, 0.3) is 5.69 Å². The SMILES string of the molecule is COc1cc(/C=C2\N=C(c3cccc([N+](=O)[O-])c3C)OC2=O)cc(Br)c1OCc1ccccc1C. The maximum Gasteiger partial charge on any atom is 0.363 e. The van der Waals surface area contributed by atoms with Crippen LogP contribution in [0, 0.1) is 24.0 Å². The quantitative estimate of drug-likeness (QED) is 0.161. The van der Waals surface area contributed by atoms with Gasteiger partial charge in [0, 0.05) is 17.2 Å². The number of ether oxygens (including phenoxy) is 3. The maximum absolute atomic E-state index is 12.5. The van der Waals surface area contributed by atoms with Gasteiger partial charge in [0.05, 0.1) is 16.5 Å². The van der Waals surface area contributed by atoms with Gasteiger partial charge >= 0.3 is 5.97 Å². The highest BCUT2D eigenvalue weighted by Gasteiger charge is 2.27. The van der Waals surface area contributed by atoms with Crippen molar-refractivity contribution < 1.29 is 23.9 Å². The first kappa shape index (κ1) is 24.2. The van der Waals surface area contributed by atoms with E-state index in [0.717, 1.165) is 11.1 Å². The first-order chi connectivity index (χ1) is 16.8. The summed E-state index contributed by atoms with van der Waals surface area (Å²) in [5.41, 5.74) is 3.54. The van der Waals surface area contributed by atoms with Crippen LogP contribution in [0.3, 0.4) is 0 Å². The topological polar surface area (TPSA) is 100 Å². The molecule has 0 aromatic heterocycles. The average Bonchev–Trinajstić information content (AvgIpc) is 3.18. The number of carbonyl (C=O) groups is 1. The molecule has 8 nitrogen and oxygen atoms in total. The van der Waals surface area contributed by atoms with Gasteiger partial charge in [-0.3, -0.25) is 10.1 Å².